The lowest BCUT2D eigenvalue weighted by Gasteiger charge is -2.21. The van der Waals surface area contributed by atoms with E-state index in [-0.39, 0.29) is 0 Å². The normalized spacial score (nSPS) is 10.7. The molecule has 0 amide bonds. The van der Waals surface area contributed by atoms with Crippen molar-refractivity contribution in [3.05, 3.63) is 35.7 Å². The highest BCUT2D eigenvalue weighted by Gasteiger charge is 2.13. The molecule has 5 nitrogen and oxygen atoms in total. The summed E-state index contributed by atoms with van der Waals surface area (Å²) in [5, 5.41) is 8.14. The van der Waals surface area contributed by atoms with Gasteiger partial charge in [-0.25, -0.2) is 4.68 Å². The van der Waals surface area contributed by atoms with Crippen LogP contribution < -0.4 is 4.90 Å². The number of aldehydes is 1. The van der Waals surface area contributed by atoms with Crippen molar-refractivity contribution in [2.45, 2.75) is 40.0 Å². The fourth-order valence-electron chi connectivity index (χ4n) is 2.58. The lowest BCUT2D eigenvalue weighted by molar-refractivity contribution is 0.111. The molecular formula is C17H24N4O. The van der Waals surface area contributed by atoms with Gasteiger partial charge in [0.15, 0.2) is 6.29 Å². The molecule has 0 spiro atoms. The Hall–Kier alpha value is -2.17. The standard InChI is InChI=1S/C17H24N4O/c1-4-7-8-17-16(13-22)18-19-21(17)15-11-9-14(10-12-15)20(5-2)6-3/h9-13H,4-8H2,1-3H3. The van der Waals surface area contributed by atoms with Crippen LogP contribution in [0.3, 0.4) is 0 Å². The van der Waals surface area contributed by atoms with Crippen molar-refractivity contribution in [3.63, 3.8) is 0 Å². The first kappa shape index (κ1) is 16.2. The second-order valence-electron chi connectivity index (χ2n) is 5.24. The second kappa shape index (κ2) is 7.73. The predicted molar refractivity (Wildman–Crippen MR) is 88.9 cm³/mol. The van der Waals surface area contributed by atoms with Gasteiger partial charge in [0.1, 0.15) is 5.69 Å². The minimum absolute atomic E-state index is 0.446. The number of hydrogen-bond donors (Lipinski definition) is 0. The van der Waals surface area contributed by atoms with Crippen LogP contribution in [-0.2, 0) is 6.42 Å². The van der Waals surface area contributed by atoms with Crippen LogP contribution in [0.1, 0.15) is 49.8 Å². The Kier molecular flexibility index (Phi) is 5.69. The topological polar surface area (TPSA) is 51.0 Å². The van der Waals surface area contributed by atoms with Gasteiger partial charge in [-0.3, -0.25) is 4.79 Å². The molecule has 118 valence electrons. The molecule has 0 saturated heterocycles. The summed E-state index contributed by atoms with van der Waals surface area (Å²) in [4.78, 5) is 13.4. The van der Waals surface area contributed by atoms with Gasteiger partial charge in [0.05, 0.1) is 11.4 Å². The summed E-state index contributed by atoms with van der Waals surface area (Å²) in [7, 11) is 0. The number of anilines is 1. The molecule has 1 heterocycles. The van der Waals surface area contributed by atoms with Crippen molar-refractivity contribution in [2.24, 2.45) is 0 Å². The predicted octanol–water partition coefficient (Wildman–Crippen LogP) is 3.27. The molecule has 1 aromatic heterocycles. The van der Waals surface area contributed by atoms with Crippen LogP contribution in [0.2, 0.25) is 0 Å². The molecule has 0 radical (unpaired) electrons. The lowest BCUT2D eigenvalue weighted by atomic mass is 10.1. The SMILES string of the molecule is CCCCc1c(C=O)nnn1-c1ccc(N(CC)CC)cc1. The van der Waals surface area contributed by atoms with Gasteiger partial charge in [-0.05, 0) is 51.0 Å². The minimum atomic E-state index is 0.446. The van der Waals surface area contributed by atoms with Gasteiger partial charge >= 0.3 is 0 Å². The van der Waals surface area contributed by atoms with Crippen molar-refractivity contribution in [3.8, 4) is 5.69 Å². The molecule has 0 aliphatic heterocycles. The van der Waals surface area contributed by atoms with Gasteiger partial charge in [-0.15, -0.1) is 5.10 Å². The summed E-state index contributed by atoms with van der Waals surface area (Å²) >= 11 is 0. The Labute approximate surface area is 131 Å². The van der Waals surface area contributed by atoms with Crippen molar-refractivity contribution < 1.29 is 4.79 Å². The first-order valence-electron chi connectivity index (χ1n) is 8.00. The summed E-state index contributed by atoms with van der Waals surface area (Å²) in [5.41, 5.74) is 3.48. The summed E-state index contributed by atoms with van der Waals surface area (Å²) in [6, 6.07) is 8.25. The number of carbonyl (C=O) groups is 1. The largest absolute Gasteiger partial charge is 0.372 e. The zero-order valence-corrected chi connectivity index (χ0v) is 13.6. The van der Waals surface area contributed by atoms with E-state index in [0.29, 0.717) is 5.69 Å². The highest BCUT2D eigenvalue weighted by Crippen LogP contribution is 2.19. The van der Waals surface area contributed by atoms with E-state index in [4.69, 9.17) is 0 Å². The fraction of sp³-hybridized carbons (Fsp3) is 0.471. The number of hydrogen-bond acceptors (Lipinski definition) is 4. The molecule has 0 saturated carbocycles. The molecule has 2 aromatic rings. The lowest BCUT2D eigenvalue weighted by Crippen LogP contribution is -2.21. The van der Waals surface area contributed by atoms with E-state index in [0.717, 1.165) is 50.0 Å². The van der Waals surface area contributed by atoms with Gasteiger partial charge < -0.3 is 4.90 Å². The van der Waals surface area contributed by atoms with Crippen LogP contribution in [0.25, 0.3) is 5.69 Å². The van der Waals surface area contributed by atoms with Crippen LogP contribution in [-0.4, -0.2) is 34.4 Å². The van der Waals surface area contributed by atoms with Crippen LogP contribution in [0, 0.1) is 0 Å². The molecule has 22 heavy (non-hydrogen) atoms. The van der Waals surface area contributed by atoms with Gasteiger partial charge in [0.2, 0.25) is 0 Å². The Morgan fingerprint density at radius 3 is 2.36 bits per heavy atom. The third-order valence-corrected chi connectivity index (χ3v) is 3.89. The molecular weight excluding hydrogens is 276 g/mol. The highest BCUT2D eigenvalue weighted by atomic mass is 16.1. The van der Waals surface area contributed by atoms with Crippen molar-refractivity contribution in [1.82, 2.24) is 15.0 Å². The van der Waals surface area contributed by atoms with E-state index in [9.17, 15) is 4.79 Å². The van der Waals surface area contributed by atoms with E-state index >= 15 is 0 Å². The van der Waals surface area contributed by atoms with Gasteiger partial charge in [-0.1, -0.05) is 18.6 Å². The monoisotopic (exact) mass is 300 g/mol. The summed E-state index contributed by atoms with van der Waals surface area (Å²) in [5.74, 6) is 0. The fourth-order valence-corrected chi connectivity index (χ4v) is 2.58. The summed E-state index contributed by atoms with van der Waals surface area (Å²) < 4.78 is 1.78. The van der Waals surface area contributed by atoms with Crippen molar-refractivity contribution in [2.75, 3.05) is 18.0 Å². The molecule has 0 fully saturated rings. The van der Waals surface area contributed by atoms with Crippen molar-refractivity contribution in [1.29, 1.82) is 0 Å². The molecule has 0 bridgehead atoms. The van der Waals surface area contributed by atoms with E-state index < -0.39 is 0 Å². The number of nitrogens with zero attached hydrogens (tertiary/aromatic N) is 4. The smallest absolute Gasteiger partial charge is 0.172 e. The average molecular weight is 300 g/mol. The molecule has 0 aliphatic rings. The number of aromatic nitrogens is 3. The third kappa shape index (κ3) is 3.35. The highest BCUT2D eigenvalue weighted by molar-refractivity contribution is 5.73. The Balaban J connectivity index is 2.31. The molecule has 0 aliphatic carbocycles. The summed E-state index contributed by atoms with van der Waals surface area (Å²) in [6.07, 6.45) is 3.70. The quantitative estimate of drug-likeness (QED) is 0.702. The van der Waals surface area contributed by atoms with Crippen LogP contribution in [0.5, 0.6) is 0 Å². The van der Waals surface area contributed by atoms with Gasteiger partial charge in [0, 0.05) is 18.8 Å². The van der Waals surface area contributed by atoms with Crippen LogP contribution >= 0.6 is 0 Å². The molecule has 5 heteroatoms. The number of benzene rings is 1. The number of unbranched alkanes of at least 4 members (excludes halogenated alkanes) is 1. The number of carbonyl (C=O) groups excluding carboxylic acids is 1. The van der Waals surface area contributed by atoms with E-state index in [1.165, 1.54) is 5.69 Å². The third-order valence-electron chi connectivity index (χ3n) is 3.89. The molecule has 0 N–H and O–H groups in total. The second-order valence-corrected chi connectivity index (χ2v) is 5.24. The Bertz CT molecular complexity index is 600. The van der Waals surface area contributed by atoms with Crippen molar-refractivity contribution >= 4 is 12.0 Å². The molecule has 0 unspecified atom stereocenters. The van der Waals surface area contributed by atoms with E-state index in [1.54, 1.807) is 4.68 Å². The number of rotatable bonds is 8. The van der Waals surface area contributed by atoms with E-state index in [2.05, 4.69) is 48.1 Å². The molecule has 2 rings (SSSR count). The van der Waals surface area contributed by atoms with Crippen LogP contribution in [0.15, 0.2) is 24.3 Å². The van der Waals surface area contributed by atoms with Gasteiger partial charge in [-0.2, -0.15) is 0 Å². The Morgan fingerprint density at radius 1 is 1.14 bits per heavy atom. The maximum Gasteiger partial charge on any atom is 0.172 e. The zero-order chi connectivity index (χ0) is 15.9. The minimum Gasteiger partial charge on any atom is -0.372 e. The van der Waals surface area contributed by atoms with Crippen LogP contribution in [0.4, 0.5) is 5.69 Å². The first-order valence-corrected chi connectivity index (χ1v) is 8.00. The Morgan fingerprint density at radius 2 is 1.82 bits per heavy atom. The summed E-state index contributed by atoms with van der Waals surface area (Å²) in [6.45, 7) is 8.39. The van der Waals surface area contributed by atoms with Gasteiger partial charge in [0.25, 0.3) is 0 Å². The molecule has 0 atom stereocenters. The first-order chi connectivity index (χ1) is 10.7. The van der Waals surface area contributed by atoms with E-state index in [1.807, 2.05) is 12.1 Å². The maximum absolute atomic E-state index is 11.1. The average Bonchev–Trinajstić information content (AvgIpc) is 2.97. The zero-order valence-electron chi connectivity index (χ0n) is 13.6. The maximum atomic E-state index is 11.1. The molecule has 1 aromatic carbocycles.